The molecule has 1 N–H and O–H groups in total. The summed E-state index contributed by atoms with van der Waals surface area (Å²) in [4.78, 5) is 4.09. The van der Waals surface area contributed by atoms with E-state index in [2.05, 4.69) is 23.2 Å². The SMILES string of the molecule is Cc1cnccc1C(O)c1ccccc1C1CCC1. The van der Waals surface area contributed by atoms with E-state index in [0.717, 1.165) is 16.7 Å². The van der Waals surface area contributed by atoms with E-state index >= 15 is 0 Å². The Hall–Kier alpha value is -1.67. The van der Waals surface area contributed by atoms with Gasteiger partial charge in [-0.25, -0.2) is 0 Å². The molecule has 0 saturated heterocycles. The largest absolute Gasteiger partial charge is 0.384 e. The smallest absolute Gasteiger partial charge is 0.105 e. The van der Waals surface area contributed by atoms with Gasteiger partial charge in [-0.1, -0.05) is 30.7 Å². The molecular weight excluding hydrogens is 234 g/mol. The van der Waals surface area contributed by atoms with Gasteiger partial charge < -0.3 is 5.11 Å². The number of aryl methyl sites for hydroxylation is 1. The maximum absolute atomic E-state index is 10.7. The highest BCUT2D eigenvalue weighted by Crippen LogP contribution is 2.40. The van der Waals surface area contributed by atoms with Crippen molar-refractivity contribution >= 4 is 0 Å². The maximum atomic E-state index is 10.7. The predicted molar refractivity (Wildman–Crippen MR) is 76.1 cm³/mol. The number of benzene rings is 1. The molecule has 1 heterocycles. The molecule has 1 aromatic heterocycles. The average molecular weight is 253 g/mol. The summed E-state index contributed by atoms with van der Waals surface area (Å²) in [6.07, 6.45) is 6.82. The van der Waals surface area contributed by atoms with Gasteiger partial charge in [0.1, 0.15) is 6.10 Å². The molecular formula is C17H19NO. The number of hydrogen-bond donors (Lipinski definition) is 1. The predicted octanol–water partition coefficient (Wildman–Crippen LogP) is 3.74. The fourth-order valence-electron chi connectivity index (χ4n) is 2.81. The minimum atomic E-state index is -0.542. The lowest BCUT2D eigenvalue weighted by Gasteiger charge is -2.29. The first-order valence-corrected chi connectivity index (χ1v) is 6.95. The van der Waals surface area contributed by atoms with Crippen molar-refractivity contribution in [3.63, 3.8) is 0 Å². The van der Waals surface area contributed by atoms with Crippen LogP contribution in [0.5, 0.6) is 0 Å². The third kappa shape index (κ3) is 2.28. The molecule has 1 aliphatic rings. The van der Waals surface area contributed by atoms with E-state index in [1.54, 1.807) is 6.20 Å². The number of pyridine rings is 1. The van der Waals surface area contributed by atoms with Crippen LogP contribution in [0, 0.1) is 6.92 Å². The summed E-state index contributed by atoms with van der Waals surface area (Å²) in [6, 6.07) is 10.2. The second-order valence-corrected chi connectivity index (χ2v) is 5.39. The summed E-state index contributed by atoms with van der Waals surface area (Å²) < 4.78 is 0. The number of rotatable bonds is 3. The van der Waals surface area contributed by atoms with Crippen LogP contribution < -0.4 is 0 Å². The minimum absolute atomic E-state index is 0.542. The fourth-order valence-corrected chi connectivity index (χ4v) is 2.81. The molecule has 0 aliphatic heterocycles. The molecule has 98 valence electrons. The van der Waals surface area contributed by atoms with Gasteiger partial charge in [-0.15, -0.1) is 0 Å². The zero-order valence-electron chi connectivity index (χ0n) is 11.2. The van der Waals surface area contributed by atoms with Gasteiger partial charge in [0, 0.05) is 12.4 Å². The van der Waals surface area contributed by atoms with Crippen molar-refractivity contribution in [3.05, 3.63) is 65.0 Å². The molecule has 2 nitrogen and oxygen atoms in total. The highest BCUT2D eigenvalue weighted by Gasteiger charge is 2.25. The Morgan fingerprint density at radius 2 is 1.95 bits per heavy atom. The number of aliphatic hydroxyl groups excluding tert-OH is 1. The molecule has 3 rings (SSSR count). The highest BCUT2D eigenvalue weighted by atomic mass is 16.3. The first-order valence-electron chi connectivity index (χ1n) is 6.95. The topological polar surface area (TPSA) is 33.1 Å². The molecule has 1 atom stereocenters. The molecule has 0 amide bonds. The minimum Gasteiger partial charge on any atom is -0.384 e. The van der Waals surface area contributed by atoms with Crippen molar-refractivity contribution in [2.75, 3.05) is 0 Å². The summed E-state index contributed by atoms with van der Waals surface area (Å²) >= 11 is 0. The summed E-state index contributed by atoms with van der Waals surface area (Å²) in [5.41, 5.74) is 4.37. The van der Waals surface area contributed by atoms with E-state index in [1.807, 2.05) is 25.3 Å². The van der Waals surface area contributed by atoms with Gasteiger partial charge in [0.05, 0.1) is 0 Å². The lowest BCUT2D eigenvalue weighted by molar-refractivity contribution is 0.216. The van der Waals surface area contributed by atoms with Gasteiger partial charge >= 0.3 is 0 Å². The molecule has 2 heteroatoms. The molecule has 0 spiro atoms. The molecule has 1 saturated carbocycles. The second-order valence-electron chi connectivity index (χ2n) is 5.39. The molecule has 1 unspecified atom stereocenters. The fraction of sp³-hybridized carbons (Fsp3) is 0.353. The van der Waals surface area contributed by atoms with Crippen LogP contribution in [0.15, 0.2) is 42.7 Å². The molecule has 0 radical (unpaired) electrons. The molecule has 19 heavy (non-hydrogen) atoms. The standard InChI is InChI=1S/C17H19NO/c1-12-11-18-10-9-14(12)17(19)16-8-3-2-7-15(16)13-5-4-6-13/h2-3,7-11,13,17,19H,4-6H2,1H3. The third-order valence-corrected chi connectivity index (χ3v) is 4.19. The van der Waals surface area contributed by atoms with Crippen LogP contribution in [0.4, 0.5) is 0 Å². The summed E-state index contributed by atoms with van der Waals surface area (Å²) in [6.45, 7) is 2.00. The Morgan fingerprint density at radius 1 is 1.16 bits per heavy atom. The monoisotopic (exact) mass is 253 g/mol. The Morgan fingerprint density at radius 3 is 2.63 bits per heavy atom. The van der Waals surface area contributed by atoms with E-state index in [9.17, 15) is 5.11 Å². The first kappa shape index (κ1) is 12.4. The molecule has 1 fully saturated rings. The van der Waals surface area contributed by atoms with Gasteiger partial charge in [0.25, 0.3) is 0 Å². The van der Waals surface area contributed by atoms with Crippen molar-refractivity contribution in [2.24, 2.45) is 0 Å². The highest BCUT2D eigenvalue weighted by molar-refractivity contribution is 5.40. The van der Waals surface area contributed by atoms with Crippen LogP contribution in [0.25, 0.3) is 0 Å². The van der Waals surface area contributed by atoms with Gasteiger partial charge in [-0.2, -0.15) is 0 Å². The molecule has 1 aromatic carbocycles. The van der Waals surface area contributed by atoms with E-state index in [0.29, 0.717) is 5.92 Å². The van der Waals surface area contributed by atoms with Crippen LogP contribution in [0.1, 0.15) is 53.5 Å². The van der Waals surface area contributed by atoms with E-state index in [4.69, 9.17) is 0 Å². The van der Waals surface area contributed by atoms with Crippen molar-refractivity contribution in [3.8, 4) is 0 Å². The maximum Gasteiger partial charge on any atom is 0.105 e. The van der Waals surface area contributed by atoms with Crippen LogP contribution in [0.3, 0.4) is 0 Å². The van der Waals surface area contributed by atoms with Gasteiger partial charge in [-0.3, -0.25) is 4.98 Å². The van der Waals surface area contributed by atoms with Crippen LogP contribution in [-0.4, -0.2) is 10.1 Å². The lowest BCUT2D eigenvalue weighted by atomic mass is 9.77. The summed E-state index contributed by atoms with van der Waals surface area (Å²) in [7, 11) is 0. The van der Waals surface area contributed by atoms with Gasteiger partial charge in [-0.05, 0) is 54.0 Å². The lowest BCUT2D eigenvalue weighted by Crippen LogP contribution is -2.14. The normalized spacial score (nSPS) is 16.9. The van der Waals surface area contributed by atoms with E-state index in [1.165, 1.54) is 24.8 Å². The Kier molecular flexibility index (Phi) is 3.34. The van der Waals surface area contributed by atoms with Crippen molar-refractivity contribution < 1.29 is 5.11 Å². The molecule has 2 aromatic rings. The number of hydrogen-bond acceptors (Lipinski definition) is 2. The van der Waals surface area contributed by atoms with Crippen molar-refractivity contribution in [1.82, 2.24) is 4.98 Å². The summed E-state index contributed by atoms with van der Waals surface area (Å²) in [5.74, 6) is 0.632. The average Bonchev–Trinajstić information content (AvgIpc) is 2.37. The second kappa shape index (κ2) is 5.14. The van der Waals surface area contributed by atoms with Crippen LogP contribution >= 0.6 is 0 Å². The quantitative estimate of drug-likeness (QED) is 0.904. The number of aliphatic hydroxyl groups is 1. The number of aromatic nitrogens is 1. The van der Waals surface area contributed by atoms with Crippen molar-refractivity contribution in [2.45, 2.75) is 38.2 Å². The van der Waals surface area contributed by atoms with Crippen molar-refractivity contribution in [1.29, 1.82) is 0 Å². The van der Waals surface area contributed by atoms with Crippen LogP contribution in [-0.2, 0) is 0 Å². The number of nitrogens with zero attached hydrogens (tertiary/aromatic N) is 1. The Labute approximate surface area is 114 Å². The zero-order chi connectivity index (χ0) is 13.2. The molecule has 0 bridgehead atoms. The first-order chi connectivity index (χ1) is 9.27. The Balaban J connectivity index is 2.00. The summed E-state index contributed by atoms with van der Waals surface area (Å²) in [5, 5.41) is 10.7. The van der Waals surface area contributed by atoms with Gasteiger partial charge in [0.2, 0.25) is 0 Å². The molecule has 1 aliphatic carbocycles. The Bertz CT molecular complexity index is 575. The van der Waals surface area contributed by atoms with Crippen LogP contribution in [0.2, 0.25) is 0 Å². The third-order valence-electron chi connectivity index (χ3n) is 4.19. The van der Waals surface area contributed by atoms with Gasteiger partial charge in [0.15, 0.2) is 0 Å². The van der Waals surface area contributed by atoms with E-state index in [-0.39, 0.29) is 0 Å². The van der Waals surface area contributed by atoms with E-state index < -0.39 is 6.10 Å². The zero-order valence-corrected chi connectivity index (χ0v) is 11.2.